The minimum absolute atomic E-state index is 0.658. The van der Waals surface area contributed by atoms with Crippen LogP contribution in [-0.4, -0.2) is 0 Å². The highest BCUT2D eigenvalue weighted by atomic mass is 14.4. The lowest BCUT2D eigenvalue weighted by atomic mass is 9.82. The predicted molar refractivity (Wildman–Crippen MR) is 113 cm³/mol. The largest absolute Gasteiger partial charge is 0.0885 e. The molecule has 144 valence electrons. The van der Waals surface area contributed by atoms with E-state index in [4.69, 9.17) is 0 Å². The predicted octanol–water partition coefficient (Wildman–Crippen LogP) is 8.77. The zero-order valence-corrected chi connectivity index (χ0v) is 17.1. The SMILES string of the molecule is CCCCCCCCC=CCCCCCCCCC12C=CC(CC1)C2. The van der Waals surface area contributed by atoms with Gasteiger partial charge in [0.2, 0.25) is 0 Å². The van der Waals surface area contributed by atoms with E-state index in [9.17, 15) is 0 Å². The minimum Gasteiger partial charge on any atom is -0.0885 e. The molecule has 2 aliphatic rings. The Morgan fingerprint density at radius 1 is 0.800 bits per heavy atom. The number of fused-ring (bicyclic) bond motifs is 2. The molecule has 2 unspecified atom stereocenters. The van der Waals surface area contributed by atoms with Gasteiger partial charge in [-0.1, -0.05) is 95.4 Å². The Morgan fingerprint density at radius 2 is 1.40 bits per heavy atom. The fourth-order valence-electron chi connectivity index (χ4n) is 4.89. The monoisotopic (exact) mass is 344 g/mol. The Bertz CT molecular complexity index is 377. The smallest absolute Gasteiger partial charge is 0.0112 e. The summed E-state index contributed by atoms with van der Waals surface area (Å²) in [5.41, 5.74) is 0.658. The van der Waals surface area contributed by atoms with Gasteiger partial charge in [-0.25, -0.2) is 0 Å². The highest BCUT2D eigenvalue weighted by Gasteiger charge is 2.39. The normalized spacial score (nSPS) is 24.8. The molecule has 2 rings (SSSR count). The van der Waals surface area contributed by atoms with Gasteiger partial charge < -0.3 is 0 Å². The molecule has 2 bridgehead atoms. The van der Waals surface area contributed by atoms with Crippen molar-refractivity contribution in [3.05, 3.63) is 24.3 Å². The van der Waals surface area contributed by atoms with E-state index < -0.39 is 0 Å². The summed E-state index contributed by atoms with van der Waals surface area (Å²) in [7, 11) is 0. The number of unbranched alkanes of at least 4 members (excludes halogenated alkanes) is 12. The van der Waals surface area contributed by atoms with Crippen molar-refractivity contribution >= 4 is 0 Å². The lowest BCUT2D eigenvalue weighted by molar-refractivity contribution is 0.350. The maximum Gasteiger partial charge on any atom is -0.0112 e. The summed E-state index contributed by atoms with van der Waals surface area (Å²) >= 11 is 0. The van der Waals surface area contributed by atoms with Crippen LogP contribution in [0.5, 0.6) is 0 Å². The topological polar surface area (TPSA) is 0 Å². The van der Waals surface area contributed by atoms with Gasteiger partial charge in [-0.2, -0.15) is 0 Å². The van der Waals surface area contributed by atoms with Gasteiger partial charge in [0.1, 0.15) is 0 Å². The zero-order chi connectivity index (χ0) is 17.6. The number of allylic oxidation sites excluding steroid dienone is 4. The van der Waals surface area contributed by atoms with E-state index in [0.717, 1.165) is 5.92 Å². The average molecular weight is 345 g/mol. The first-order valence-corrected chi connectivity index (χ1v) is 11.7. The molecule has 1 saturated carbocycles. The summed E-state index contributed by atoms with van der Waals surface area (Å²) in [5.74, 6) is 0.953. The molecule has 0 amide bonds. The van der Waals surface area contributed by atoms with E-state index in [1.54, 1.807) is 0 Å². The molecule has 2 aliphatic carbocycles. The van der Waals surface area contributed by atoms with Crippen molar-refractivity contribution in [3.63, 3.8) is 0 Å². The first kappa shape index (κ1) is 20.8. The molecule has 0 aromatic heterocycles. The molecule has 0 aliphatic heterocycles. The lowest BCUT2D eigenvalue weighted by Crippen LogP contribution is -2.10. The Balaban J connectivity index is 1.29. The second-order valence-corrected chi connectivity index (χ2v) is 8.91. The van der Waals surface area contributed by atoms with Crippen molar-refractivity contribution in [2.45, 2.75) is 122 Å². The van der Waals surface area contributed by atoms with Gasteiger partial charge in [0.15, 0.2) is 0 Å². The lowest BCUT2D eigenvalue weighted by Gasteiger charge is -2.23. The number of hydrogen-bond donors (Lipinski definition) is 0. The van der Waals surface area contributed by atoms with Crippen molar-refractivity contribution in [3.8, 4) is 0 Å². The molecule has 25 heavy (non-hydrogen) atoms. The van der Waals surface area contributed by atoms with Crippen LogP contribution in [0.1, 0.15) is 122 Å². The van der Waals surface area contributed by atoms with E-state index in [-0.39, 0.29) is 0 Å². The third-order valence-electron chi connectivity index (χ3n) is 6.59. The van der Waals surface area contributed by atoms with E-state index in [0.29, 0.717) is 5.41 Å². The molecule has 0 heterocycles. The molecule has 0 aromatic carbocycles. The third kappa shape index (κ3) is 8.61. The Hall–Kier alpha value is -0.520. The first-order chi connectivity index (χ1) is 12.3. The van der Waals surface area contributed by atoms with Gasteiger partial charge in [0.05, 0.1) is 0 Å². The molecule has 0 heteroatoms. The van der Waals surface area contributed by atoms with Crippen LogP contribution in [0.4, 0.5) is 0 Å². The Morgan fingerprint density at radius 3 is 1.92 bits per heavy atom. The summed E-state index contributed by atoms with van der Waals surface area (Å²) in [6.45, 7) is 2.29. The van der Waals surface area contributed by atoms with Crippen molar-refractivity contribution in [2.75, 3.05) is 0 Å². The van der Waals surface area contributed by atoms with Crippen molar-refractivity contribution < 1.29 is 0 Å². The van der Waals surface area contributed by atoms with Crippen LogP contribution >= 0.6 is 0 Å². The number of rotatable bonds is 16. The molecule has 2 atom stereocenters. The average Bonchev–Trinajstić information content (AvgIpc) is 3.22. The first-order valence-electron chi connectivity index (χ1n) is 11.7. The van der Waals surface area contributed by atoms with Gasteiger partial charge in [-0.15, -0.1) is 0 Å². The molecule has 0 saturated heterocycles. The van der Waals surface area contributed by atoms with Gasteiger partial charge in [0, 0.05) is 0 Å². The molecule has 1 fully saturated rings. The maximum absolute atomic E-state index is 2.57. The summed E-state index contributed by atoms with van der Waals surface area (Å²) in [4.78, 5) is 0. The van der Waals surface area contributed by atoms with E-state index >= 15 is 0 Å². The van der Waals surface area contributed by atoms with Crippen LogP contribution in [-0.2, 0) is 0 Å². The molecule has 0 nitrogen and oxygen atoms in total. The van der Waals surface area contributed by atoms with E-state index in [1.165, 1.54) is 116 Å². The van der Waals surface area contributed by atoms with E-state index in [2.05, 4.69) is 31.2 Å². The van der Waals surface area contributed by atoms with Crippen LogP contribution in [0.2, 0.25) is 0 Å². The summed E-state index contributed by atoms with van der Waals surface area (Å²) in [6, 6.07) is 0. The standard InChI is InChI=1S/C25H44/c1-2-3-4-5-6-7-8-9-10-11-12-13-14-15-16-17-20-25-21-18-24(23-25)19-22-25/h9-10,18,21,24H,2-8,11-17,19-20,22-23H2,1H3. The summed E-state index contributed by atoms with van der Waals surface area (Å²) in [6.07, 6.45) is 35.7. The quantitative estimate of drug-likeness (QED) is 0.194. The van der Waals surface area contributed by atoms with E-state index in [1.807, 2.05) is 0 Å². The summed E-state index contributed by atoms with van der Waals surface area (Å²) < 4.78 is 0. The molecular weight excluding hydrogens is 300 g/mol. The van der Waals surface area contributed by atoms with Crippen LogP contribution in [0.25, 0.3) is 0 Å². The number of hydrogen-bond acceptors (Lipinski definition) is 0. The Kier molecular flexibility index (Phi) is 10.6. The second-order valence-electron chi connectivity index (χ2n) is 8.91. The van der Waals surface area contributed by atoms with Gasteiger partial charge in [-0.3, -0.25) is 0 Å². The van der Waals surface area contributed by atoms with Crippen molar-refractivity contribution in [1.29, 1.82) is 0 Å². The third-order valence-corrected chi connectivity index (χ3v) is 6.59. The molecule has 0 spiro atoms. The summed E-state index contributed by atoms with van der Waals surface area (Å²) in [5, 5.41) is 0. The minimum atomic E-state index is 0.658. The van der Waals surface area contributed by atoms with Crippen LogP contribution in [0.15, 0.2) is 24.3 Å². The highest BCUT2D eigenvalue weighted by molar-refractivity contribution is 5.15. The Labute approximate surface area is 158 Å². The second kappa shape index (κ2) is 12.8. The van der Waals surface area contributed by atoms with Crippen LogP contribution < -0.4 is 0 Å². The molecule has 0 radical (unpaired) electrons. The zero-order valence-electron chi connectivity index (χ0n) is 17.1. The van der Waals surface area contributed by atoms with Crippen LogP contribution in [0, 0.1) is 11.3 Å². The van der Waals surface area contributed by atoms with Gasteiger partial charge in [0.25, 0.3) is 0 Å². The van der Waals surface area contributed by atoms with Crippen molar-refractivity contribution in [1.82, 2.24) is 0 Å². The highest BCUT2D eigenvalue weighted by Crippen LogP contribution is 2.52. The van der Waals surface area contributed by atoms with Crippen molar-refractivity contribution in [2.24, 2.45) is 11.3 Å². The maximum atomic E-state index is 2.57. The van der Waals surface area contributed by atoms with Gasteiger partial charge in [-0.05, 0) is 62.7 Å². The van der Waals surface area contributed by atoms with Gasteiger partial charge >= 0.3 is 0 Å². The fourth-order valence-corrected chi connectivity index (χ4v) is 4.89. The fraction of sp³-hybridized carbons (Fsp3) is 0.840. The molecule has 0 N–H and O–H groups in total. The molecule has 0 aromatic rings. The molecular formula is C25H44. The van der Waals surface area contributed by atoms with Crippen LogP contribution in [0.3, 0.4) is 0 Å².